The Kier molecular flexibility index (Phi) is 6.01. The van der Waals surface area contributed by atoms with Gasteiger partial charge in [0.15, 0.2) is 0 Å². The summed E-state index contributed by atoms with van der Waals surface area (Å²) in [6, 6.07) is 0.00117. The van der Waals surface area contributed by atoms with Crippen LogP contribution in [0.3, 0.4) is 0 Å². The van der Waals surface area contributed by atoms with Gasteiger partial charge in [0, 0.05) is 5.92 Å². The first-order chi connectivity index (χ1) is 14.1. The van der Waals surface area contributed by atoms with Gasteiger partial charge in [-0.25, -0.2) is 0 Å². The van der Waals surface area contributed by atoms with Crippen LogP contribution >= 0.6 is 0 Å². The molecule has 3 heteroatoms. The molecule has 170 valence electrons. The fraction of sp³-hybridized carbons (Fsp3) is 0.926. The summed E-state index contributed by atoms with van der Waals surface area (Å²) >= 11 is 0. The molecule has 4 aliphatic carbocycles. The Hall–Kier alpha value is -0.700. The van der Waals surface area contributed by atoms with Gasteiger partial charge < -0.3 is 5.11 Å². The lowest BCUT2D eigenvalue weighted by Gasteiger charge is -2.60. The van der Waals surface area contributed by atoms with E-state index in [-0.39, 0.29) is 6.04 Å². The summed E-state index contributed by atoms with van der Waals surface area (Å²) in [5.41, 5.74) is 1.99. The van der Waals surface area contributed by atoms with Gasteiger partial charge in [0.25, 0.3) is 0 Å². The number of aliphatic hydroxyl groups is 1. The van der Waals surface area contributed by atoms with E-state index in [1.165, 1.54) is 51.4 Å². The molecule has 0 saturated heterocycles. The number of hydrogen-bond acceptors (Lipinski definition) is 3. The number of hydrogen-bond donors (Lipinski definition) is 1. The predicted octanol–water partition coefficient (Wildman–Crippen LogP) is 7.28. The molecule has 3 fully saturated rings. The summed E-state index contributed by atoms with van der Waals surface area (Å²) in [5.74, 6) is 3.58. The molecule has 0 radical (unpaired) electrons. The van der Waals surface area contributed by atoms with Crippen LogP contribution in [0.25, 0.3) is 0 Å². The molecule has 0 bridgehead atoms. The maximum absolute atomic E-state index is 11.3. The van der Waals surface area contributed by atoms with Crippen LogP contribution in [-0.2, 0) is 0 Å². The van der Waals surface area contributed by atoms with Crippen molar-refractivity contribution in [3.05, 3.63) is 16.6 Å². The normalized spacial score (nSPS) is 45.9. The van der Waals surface area contributed by atoms with Crippen molar-refractivity contribution >= 4 is 0 Å². The van der Waals surface area contributed by atoms with Gasteiger partial charge in [-0.2, -0.15) is 4.91 Å². The Morgan fingerprint density at radius 1 is 1.07 bits per heavy atom. The van der Waals surface area contributed by atoms with Gasteiger partial charge in [-0.15, -0.1) is 0 Å². The third kappa shape index (κ3) is 3.71. The van der Waals surface area contributed by atoms with E-state index < -0.39 is 5.60 Å². The molecule has 1 N–H and O–H groups in total. The number of unbranched alkanes of at least 4 members (excludes halogenated alkanes) is 1. The van der Waals surface area contributed by atoms with Crippen LogP contribution in [0.2, 0.25) is 0 Å². The van der Waals surface area contributed by atoms with Crippen molar-refractivity contribution in [1.82, 2.24) is 0 Å². The van der Waals surface area contributed by atoms with E-state index in [1.807, 2.05) is 13.8 Å². The average molecular weight is 416 g/mol. The fourth-order valence-corrected chi connectivity index (χ4v) is 8.60. The highest BCUT2D eigenvalue weighted by molar-refractivity contribution is 5.26. The predicted molar refractivity (Wildman–Crippen MR) is 124 cm³/mol. The Morgan fingerprint density at radius 2 is 1.80 bits per heavy atom. The number of nitrogens with zero attached hydrogens (tertiary/aromatic N) is 1. The minimum Gasteiger partial charge on any atom is -0.390 e. The molecule has 8 atom stereocenters. The molecule has 0 aliphatic heterocycles. The largest absolute Gasteiger partial charge is 0.390 e. The zero-order valence-corrected chi connectivity index (χ0v) is 20.1. The van der Waals surface area contributed by atoms with E-state index in [9.17, 15) is 10.0 Å². The van der Waals surface area contributed by atoms with Crippen LogP contribution in [0.5, 0.6) is 0 Å². The van der Waals surface area contributed by atoms with E-state index >= 15 is 0 Å². The topological polar surface area (TPSA) is 49.7 Å². The van der Waals surface area contributed by atoms with E-state index in [0.717, 1.165) is 37.0 Å². The average Bonchev–Trinajstić information content (AvgIpc) is 3.01. The third-order valence-electron chi connectivity index (χ3n) is 10.5. The lowest BCUT2D eigenvalue weighted by atomic mass is 9.44. The Bertz CT molecular complexity index is 679. The van der Waals surface area contributed by atoms with Crippen molar-refractivity contribution in [1.29, 1.82) is 0 Å². The van der Waals surface area contributed by atoms with E-state index in [1.54, 1.807) is 5.57 Å². The summed E-state index contributed by atoms with van der Waals surface area (Å²) in [5, 5.41) is 13.5. The molecule has 3 saturated carbocycles. The molecule has 0 amide bonds. The molecule has 30 heavy (non-hydrogen) atoms. The van der Waals surface area contributed by atoms with Gasteiger partial charge in [0.05, 0.1) is 11.6 Å². The van der Waals surface area contributed by atoms with Crippen LogP contribution in [-0.4, -0.2) is 16.7 Å². The van der Waals surface area contributed by atoms with Gasteiger partial charge in [-0.3, -0.25) is 0 Å². The smallest absolute Gasteiger partial charge is 0.0982 e. The minimum atomic E-state index is -0.517. The second kappa shape index (κ2) is 8.01. The molecule has 0 aromatic carbocycles. The van der Waals surface area contributed by atoms with Gasteiger partial charge in [0.1, 0.15) is 0 Å². The first kappa shape index (κ1) is 22.5. The number of fused-ring (bicyclic) bond motifs is 5. The highest BCUT2D eigenvalue weighted by Gasteiger charge is 2.60. The molecular formula is C27H45NO2. The van der Waals surface area contributed by atoms with Crippen LogP contribution in [0.15, 0.2) is 16.8 Å². The molecular weight excluding hydrogens is 370 g/mol. The number of nitroso groups, excluding NO2 is 1. The summed E-state index contributed by atoms with van der Waals surface area (Å²) in [6.07, 6.45) is 16.2. The Labute approximate surface area is 184 Å². The lowest BCUT2D eigenvalue weighted by molar-refractivity contribution is -0.0763. The number of allylic oxidation sites excluding steroid dienone is 1. The second-order valence-corrected chi connectivity index (χ2v) is 12.6. The van der Waals surface area contributed by atoms with Crippen molar-refractivity contribution in [3.8, 4) is 0 Å². The highest BCUT2D eigenvalue weighted by Crippen LogP contribution is 2.68. The van der Waals surface area contributed by atoms with E-state index in [4.69, 9.17) is 0 Å². The summed E-state index contributed by atoms with van der Waals surface area (Å²) < 4.78 is 0. The van der Waals surface area contributed by atoms with Crippen molar-refractivity contribution in [2.45, 2.75) is 117 Å². The lowest BCUT2D eigenvalue weighted by Crippen LogP contribution is -2.53. The maximum Gasteiger partial charge on any atom is 0.0982 e. The van der Waals surface area contributed by atoms with Gasteiger partial charge in [-0.1, -0.05) is 50.4 Å². The van der Waals surface area contributed by atoms with Crippen molar-refractivity contribution in [2.24, 2.45) is 45.6 Å². The molecule has 0 aromatic rings. The van der Waals surface area contributed by atoms with Crippen LogP contribution < -0.4 is 0 Å². The molecule has 4 rings (SSSR count). The molecule has 0 aromatic heterocycles. The summed E-state index contributed by atoms with van der Waals surface area (Å²) in [4.78, 5) is 11.3. The fourth-order valence-electron chi connectivity index (χ4n) is 8.60. The Morgan fingerprint density at radius 3 is 2.50 bits per heavy atom. The van der Waals surface area contributed by atoms with E-state index in [2.05, 4.69) is 32.0 Å². The highest BCUT2D eigenvalue weighted by atomic mass is 16.3. The maximum atomic E-state index is 11.3. The zero-order chi connectivity index (χ0) is 21.7. The molecule has 0 spiro atoms. The summed E-state index contributed by atoms with van der Waals surface area (Å²) in [7, 11) is 0. The first-order valence-electron chi connectivity index (χ1n) is 12.8. The van der Waals surface area contributed by atoms with Gasteiger partial charge >= 0.3 is 0 Å². The molecule has 4 aliphatic rings. The monoisotopic (exact) mass is 415 g/mol. The molecule has 0 heterocycles. The third-order valence-corrected chi connectivity index (χ3v) is 10.5. The van der Waals surface area contributed by atoms with Gasteiger partial charge in [0.2, 0.25) is 0 Å². The standard InChI is InChI=1S/C27H45NO2/c1-18-20-10-12-23-22-11-9-19(8-6-7-15-25(2,3)29)26(22,4)16-17-27(23,5)21(20)13-14-24(18)28-30/h10,18-19,21-24,29H,6-9,11-17H2,1-5H3/t18-,19?,21?,22?,23?,24+,26-,27+/m1/s1. The van der Waals surface area contributed by atoms with E-state index in [0.29, 0.717) is 22.7 Å². The molecule has 4 unspecified atom stereocenters. The Balaban J connectivity index is 1.47. The van der Waals surface area contributed by atoms with Crippen LogP contribution in [0.4, 0.5) is 0 Å². The summed E-state index contributed by atoms with van der Waals surface area (Å²) in [6.45, 7) is 11.4. The van der Waals surface area contributed by atoms with Crippen LogP contribution in [0.1, 0.15) is 105 Å². The van der Waals surface area contributed by atoms with Gasteiger partial charge in [-0.05, 0) is 106 Å². The number of rotatable bonds is 6. The molecule has 3 nitrogen and oxygen atoms in total. The van der Waals surface area contributed by atoms with Crippen LogP contribution in [0, 0.1) is 45.3 Å². The van der Waals surface area contributed by atoms with Crippen molar-refractivity contribution in [2.75, 3.05) is 0 Å². The SMILES string of the molecule is C[C@@H]1C2=CCC3C4CCC(CCCCC(C)(C)O)[C@@]4(C)CC[C@@]3(C)C2CC[C@@H]1N=O. The minimum absolute atomic E-state index is 0.00117. The zero-order valence-electron chi connectivity index (χ0n) is 20.1. The quantitative estimate of drug-likeness (QED) is 0.281. The first-order valence-corrected chi connectivity index (χ1v) is 12.8. The second-order valence-electron chi connectivity index (χ2n) is 12.6. The van der Waals surface area contributed by atoms with Crippen molar-refractivity contribution in [3.63, 3.8) is 0 Å². The van der Waals surface area contributed by atoms with Crippen molar-refractivity contribution < 1.29 is 5.11 Å².